The van der Waals surface area contributed by atoms with Gasteiger partial charge in [-0.1, -0.05) is 6.92 Å². The summed E-state index contributed by atoms with van der Waals surface area (Å²) in [5.74, 6) is 0. The van der Waals surface area contributed by atoms with Crippen LogP contribution < -0.4 is 0 Å². The summed E-state index contributed by atoms with van der Waals surface area (Å²) in [6, 6.07) is 0.260. The summed E-state index contributed by atoms with van der Waals surface area (Å²) in [7, 11) is 0. The van der Waals surface area contributed by atoms with Crippen molar-refractivity contribution in [2.75, 3.05) is 25.6 Å². The molecule has 0 amide bonds. The highest BCUT2D eigenvalue weighted by molar-refractivity contribution is 6.17. The van der Waals surface area contributed by atoms with Crippen LogP contribution in [-0.4, -0.2) is 58.1 Å². The lowest BCUT2D eigenvalue weighted by Gasteiger charge is -2.41. The first-order chi connectivity index (χ1) is 5.70. The molecule has 0 aliphatic carbocycles. The van der Waals surface area contributed by atoms with Crippen LogP contribution in [0.15, 0.2) is 0 Å². The van der Waals surface area contributed by atoms with E-state index in [9.17, 15) is 10.2 Å². The lowest BCUT2D eigenvalue weighted by molar-refractivity contribution is -0.171. The highest BCUT2D eigenvalue weighted by Crippen LogP contribution is 2.13. The van der Waals surface area contributed by atoms with Gasteiger partial charge in [-0.25, -0.2) is 0 Å². The van der Waals surface area contributed by atoms with Gasteiger partial charge in [-0.05, 0) is 6.54 Å². The Morgan fingerprint density at radius 2 is 1.75 bits per heavy atom. The second-order valence-corrected chi connectivity index (χ2v) is 3.13. The number of piperazine rings is 1. The minimum Gasteiger partial charge on any atom is -0.374 e. The molecule has 0 spiro atoms. The number of nitrogens with zero attached hydrogens (tertiary/aromatic N) is 2. The van der Waals surface area contributed by atoms with Crippen molar-refractivity contribution < 1.29 is 10.2 Å². The van der Waals surface area contributed by atoms with E-state index in [4.69, 9.17) is 11.6 Å². The maximum absolute atomic E-state index is 9.51. The van der Waals surface area contributed by atoms with Crippen molar-refractivity contribution in [3.05, 3.63) is 0 Å². The van der Waals surface area contributed by atoms with Gasteiger partial charge in [0.1, 0.15) is 12.5 Å². The number of halogens is 1. The average Bonchev–Trinajstić information content (AvgIpc) is 2.10. The summed E-state index contributed by atoms with van der Waals surface area (Å²) in [5.41, 5.74) is 0. The van der Waals surface area contributed by atoms with E-state index in [-0.39, 0.29) is 6.00 Å². The van der Waals surface area contributed by atoms with Gasteiger partial charge in [0, 0.05) is 13.1 Å². The van der Waals surface area contributed by atoms with Crippen molar-refractivity contribution >= 4 is 11.6 Å². The molecule has 0 bridgehead atoms. The largest absolute Gasteiger partial charge is 0.374 e. The Balaban J connectivity index is 2.52. The third-order valence-corrected chi connectivity index (χ3v) is 2.56. The van der Waals surface area contributed by atoms with Gasteiger partial charge in [-0.15, -0.1) is 11.6 Å². The Bertz CT molecular complexity index is 131. The molecule has 1 rings (SSSR count). The molecule has 0 aromatic heterocycles. The molecule has 1 fully saturated rings. The van der Waals surface area contributed by atoms with Gasteiger partial charge < -0.3 is 10.2 Å². The fourth-order valence-corrected chi connectivity index (χ4v) is 1.64. The summed E-state index contributed by atoms with van der Waals surface area (Å²) in [4.78, 5) is 3.45. The second kappa shape index (κ2) is 4.39. The van der Waals surface area contributed by atoms with Gasteiger partial charge in [0.25, 0.3) is 0 Å². The molecule has 2 unspecified atom stereocenters. The first-order valence-corrected chi connectivity index (χ1v) is 4.64. The molecule has 1 heterocycles. The zero-order valence-electron chi connectivity index (χ0n) is 7.15. The molecule has 72 valence electrons. The Morgan fingerprint density at radius 1 is 1.25 bits per heavy atom. The van der Waals surface area contributed by atoms with Gasteiger partial charge in [-0.3, -0.25) is 9.80 Å². The van der Waals surface area contributed by atoms with Crippen LogP contribution in [0.3, 0.4) is 0 Å². The summed E-state index contributed by atoms with van der Waals surface area (Å²) in [6.07, 6.45) is -1.65. The lowest BCUT2D eigenvalue weighted by atomic mass is 10.3. The van der Waals surface area contributed by atoms with Crippen LogP contribution in [0.2, 0.25) is 0 Å². The summed E-state index contributed by atoms with van der Waals surface area (Å²) < 4.78 is 0. The zero-order valence-corrected chi connectivity index (χ0v) is 7.91. The minimum absolute atomic E-state index is 0.260. The number of aliphatic hydroxyl groups is 2. The SMILES string of the molecule is CCN1CCN(CCl)C(O)C1O. The van der Waals surface area contributed by atoms with Crippen molar-refractivity contribution in [1.29, 1.82) is 0 Å². The topological polar surface area (TPSA) is 46.9 Å². The van der Waals surface area contributed by atoms with Crippen LogP contribution in [0.4, 0.5) is 0 Å². The molecule has 2 N–H and O–H groups in total. The third-order valence-electron chi connectivity index (χ3n) is 2.25. The van der Waals surface area contributed by atoms with Gasteiger partial charge >= 0.3 is 0 Å². The molecular weight excluding hydrogens is 180 g/mol. The third kappa shape index (κ3) is 1.89. The van der Waals surface area contributed by atoms with Crippen molar-refractivity contribution in [3.8, 4) is 0 Å². The van der Waals surface area contributed by atoms with Gasteiger partial charge in [0.15, 0.2) is 0 Å². The molecule has 0 radical (unpaired) electrons. The number of aliphatic hydroxyl groups excluding tert-OH is 2. The van der Waals surface area contributed by atoms with Crippen molar-refractivity contribution in [2.45, 2.75) is 19.4 Å². The van der Waals surface area contributed by atoms with E-state index in [1.807, 2.05) is 11.8 Å². The van der Waals surface area contributed by atoms with Gasteiger partial charge in [-0.2, -0.15) is 0 Å². The maximum Gasteiger partial charge on any atom is 0.148 e. The van der Waals surface area contributed by atoms with Crippen LogP contribution >= 0.6 is 11.6 Å². The molecular formula is C7H15ClN2O2. The highest BCUT2D eigenvalue weighted by atomic mass is 35.5. The zero-order chi connectivity index (χ0) is 9.14. The smallest absolute Gasteiger partial charge is 0.148 e. The number of hydrogen-bond donors (Lipinski definition) is 2. The van der Waals surface area contributed by atoms with E-state index in [1.165, 1.54) is 0 Å². The summed E-state index contributed by atoms with van der Waals surface area (Å²) in [6.45, 7) is 4.15. The van der Waals surface area contributed by atoms with Gasteiger partial charge in [0.2, 0.25) is 0 Å². The molecule has 12 heavy (non-hydrogen) atoms. The van der Waals surface area contributed by atoms with Crippen LogP contribution in [0.25, 0.3) is 0 Å². The molecule has 0 aromatic carbocycles. The fraction of sp³-hybridized carbons (Fsp3) is 1.00. The van der Waals surface area contributed by atoms with Crippen molar-refractivity contribution in [3.63, 3.8) is 0 Å². The fourth-order valence-electron chi connectivity index (χ4n) is 1.37. The van der Waals surface area contributed by atoms with E-state index < -0.39 is 12.5 Å². The number of alkyl halides is 1. The first-order valence-electron chi connectivity index (χ1n) is 4.11. The predicted molar refractivity (Wildman–Crippen MR) is 46.7 cm³/mol. The van der Waals surface area contributed by atoms with Gasteiger partial charge in [0.05, 0.1) is 6.00 Å². The number of rotatable bonds is 2. The molecule has 5 heteroatoms. The summed E-state index contributed by atoms with van der Waals surface area (Å²) in [5, 5.41) is 19.0. The average molecular weight is 195 g/mol. The van der Waals surface area contributed by atoms with E-state index >= 15 is 0 Å². The minimum atomic E-state index is -0.851. The molecule has 0 aromatic rings. The quantitative estimate of drug-likeness (QED) is 0.458. The molecule has 1 saturated heterocycles. The normalized spacial score (nSPS) is 34.0. The standard InChI is InChI=1S/C7H15ClN2O2/c1-2-9-3-4-10(5-8)7(12)6(9)11/h6-7,11-12H,2-5H2,1H3. The predicted octanol–water partition coefficient (Wildman–Crippen LogP) is -0.543. The van der Waals surface area contributed by atoms with E-state index in [2.05, 4.69) is 0 Å². The van der Waals surface area contributed by atoms with E-state index in [0.717, 1.165) is 13.1 Å². The van der Waals surface area contributed by atoms with E-state index in [0.29, 0.717) is 6.54 Å². The van der Waals surface area contributed by atoms with Crippen molar-refractivity contribution in [1.82, 2.24) is 9.80 Å². The van der Waals surface area contributed by atoms with Crippen molar-refractivity contribution in [2.24, 2.45) is 0 Å². The first kappa shape index (κ1) is 10.2. The Hall–Kier alpha value is 0.130. The second-order valence-electron chi connectivity index (χ2n) is 2.89. The molecule has 2 atom stereocenters. The monoisotopic (exact) mass is 194 g/mol. The van der Waals surface area contributed by atoms with Crippen LogP contribution in [-0.2, 0) is 0 Å². The molecule has 0 saturated carbocycles. The Morgan fingerprint density at radius 3 is 2.25 bits per heavy atom. The number of likely N-dealkylation sites (N-methyl/N-ethyl adjacent to an activating group) is 1. The summed E-state index contributed by atoms with van der Waals surface area (Å²) >= 11 is 5.57. The molecule has 1 aliphatic heterocycles. The van der Waals surface area contributed by atoms with Crippen LogP contribution in [0.5, 0.6) is 0 Å². The maximum atomic E-state index is 9.51. The molecule has 1 aliphatic rings. The molecule has 4 nitrogen and oxygen atoms in total. The van der Waals surface area contributed by atoms with Crippen LogP contribution in [0.1, 0.15) is 6.92 Å². The Kier molecular flexibility index (Phi) is 3.74. The van der Waals surface area contributed by atoms with Crippen LogP contribution in [0, 0.1) is 0 Å². The number of hydrogen-bond acceptors (Lipinski definition) is 4. The Labute approximate surface area is 77.3 Å². The van der Waals surface area contributed by atoms with E-state index in [1.54, 1.807) is 4.90 Å². The highest BCUT2D eigenvalue weighted by Gasteiger charge is 2.32. The lowest BCUT2D eigenvalue weighted by Crippen LogP contribution is -2.59.